The molecule has 2 heterocycles. The van der Waals surface area contributed by atoms with E-state index in [1.807, 2.05) is 0 Å². The number of hydrogen-bond acceptors (Lipinski definition) is 2. The Morgan fingerprint density at radius 2 is 1.94 bits per heavy atom. The lowest BCUT2D eigenvalue weighted by molar-refractivity contribution is -0.134. The van der Waals surface area contributed by atoms with Crippen LogP contribution < -0.4 is 5.32 Å². The molecule has 1 N–H and O–H groups in total. The summed E-state index contributed by atoms with van der Waals surface area (Å²) in [7, 11) is 0. The van der Waals surface area contributed by atoms with Gasteiger partial charge in [0.25, 0.3) is 0 Å². The minimum absolute atomic E-state index is 0.121. The Morgan fingerprint density at radius 3 is 2.44 bits per heavy atom. The molecule has 0 aliphatic carbocycles. The van der Waals surface area contributed by atoms with Gasteiger partial charge in [-0.2, -0.15) is 0 Å². The number of piperidine rings is 1. The van der Waals surface area contributed by atoms with Gasteiger partial charge in [0.2, 0.25) is 5.91 Å². The summed E-state index contributed by atoms with van der Waals surface area (Å²) in [6.45, 7) is 7.54. The number of nitrogens with zero attached hydrogens (tertiary/aromatic N) is 1. The van der Waals surface area contributed by atoms with Crippen LogP contribution in [0.3, 0.4) is 0 Å². The standard InChI is InChI=1S/C13H24N2O/c1-10(2)11-5-8-15(9-6-11)13(16)12-4-3-7-14-12/h10-12,14H,3-9H2,1-2H3/t12-/m1/s1. The van der Waals surface area contributed by atoms with Crippen LogP contribution >= 0.6 is 0 Å². The molecule has 0 saturated carbocycles. The summed E-state index contributed by atoms with van der Waals surface area (Å²) >= 11 is 0. The first-order chi connectivity index (χ1) is 7.68. The Kier molecular flexibility index (Phi) is 3.85. The molecule has 16 heavy (non-hydrogen) atoms. The minimum Gasteiger partial charge on any atom is -0.341 e. The van der Waals surface area contributed by atoms with Gasteiger partial charge >= 0.3 is 0 Å². The Hall–Kier alpha value is -0.570. The maximum absolute atomic E-state index is 12.1. The first-order valence-corrected chi connectivity index (χ1v) is 6.70. The summed E-state index contributed by atoms with van der Waals surface area (Å²) in [4.78, 5) is 14.2. The second-order valence-electron chi connectivity index (χ2n) is 5.56. The van der Waals surface area contributed by atoms with Gasteiger partial charge in [-0.3, -0.25) is 4.79 Å². The molecule has 0 radical (unpaired) electrons. The molecule has 92 valence electrons. The van der Waals surface area contributed by atoms with E-state index in [-0.39, 0.29) is 6.04 Å². The van der Waals surface area contributed by atoms with E-state index < -0.39 is 0 Å². The Morgan fingerprint density at radius 1 is 1.25 bits per heavy atom. The van der Waals surface area contributed by atoms with Crippen molar-refractivity contribution in [1.29, 1.82) is 0 Å². The fourth-order valence-electron chi connectivity index (χ4n) is 2.90. The summed E-state index contributed by atoms with van der Waals surface area (Å²) in [6.07, 6.45) is 4.56. The zero-order valence-corrected chi connectivity index (χ0v) is 10.5. The number of carbonyl (C=O) groups is 1. The Labute approximate surface area is 98.6 Å². The first kappa shape index (κ1) is 11.9. The van der Waals surface area contributed by atoms with E-state index >= 15 is 0 Å². The van der Waals surface area contributed by atoms with Gasteiger partial charge in [-0.15, -0.1) is 0 Å². The number of amides is 1. The van der Waals surface area contributed by atoms with E-state index in [0.29, 0.717) is 5.91 Å². The molecule has 0 aromatic heterocycles. The molecule has 2 fully saturated rings. The molecule has 1 atom stereocenters. The van der Waals surface area contributed by atoms with Crippen LogP contribution in [-0.4, -0.2) is 36.5 Å². The van der Waals surface area contributed by atoms with Crippen LogP contribution in [0.5, 0.6) is 0 Å². The topological polar surface area (TPSA) is 32.3 Å². The summed E-state index contributed by atoms with van der Waals surface area (Å²) in [5.74, 6) is 1.93. The van der Waals surface area contributed by atoms with Crippen molar-refractivity contribution >= 4 is 5.91 Å². The maximum atomic E-state index is 12.1. The molecule has 0 aromatic carbocycles. The van der Waals surface area contributed by atoms with Gasteiger partial charge in [0.1, 0.15) is 0 Å². The number of likely N-dealkylation sites (tertiary alicyclic amines) is 1. The quantitative estimate of drug-likeness (QED) is 0.773. The molecule has 0 unspecified atom stereocenters. The molecule has 2 rings (SSSR count). The SMILES string of the molecule is CC(C)C1CCN(C(=O)[C@H]2CCCN2)CC1. The summed E-state index contributed by atoms with van der Waals surface area (Å²) in [6, 6.07) is 0.121. The number of rotatable bonds is 2. The number of carbonyl (C=O) groups excluding carboxylic acids is 1. The van der Waals surface area contributed by atoms with E-state index in [9.17, 15) is 4.79 Å². The van der Waals surface area contributed by atoms with Crippen molar-refractivity contribution in [1.82, 2.24) is 10.2 Å². The van der Waals surface area contributed by atoms with Gasteiger partial charge in [0.15, 0.2) is 0 Å². The normalized spacial score (nSPS) is 27.7. The monoisotopic (exact) mass is 224 g/mol. The third-order valence-electron chi connectivity index (χ3n) is 4.15. The average Bonchev–Trinajstić information content (AvgIpc) is 2.81. The second kappa shape index (κ2) is 5.17. The lowest BCUT2D eigenvalue weighted by atomic mass is 9.86. The van der Waals surface area contributed by atoms with Crippen LogP contribution in [0.2, 0.25) is 0 Å². The highest BCUT2D eigenvalue weighted by molar-refractivity contribution is 5.82. The molecule has 2 saturated heterocycles. The van der Waals surface area contributed by atoms with Crippen LogP contribution in [0.25, 0.3) is 0 Å². The van der Waals surface area contributed by atoms with Crippen molar-refractivity contribution in [3.63, 3.8) is 0 Å². The molecule has 0 bridgehead atoms. The second-order valence-corrected chi connectivity index (χ2v) is 5.56. The predicted molar refractivity (Wildman–Crippen MR) is 65.2 cm³/mol. The van der Waals surface area contributed by atoms with Crippen molar-refractivity contribution < 1.29 is 4.79 Å². The van der Waals surface area contributed by atoms with Crippen molar-refractivity contribution in [2.24, 2.45) is 11.8 Å². The zero-order valence-electron chi connectivity index (χ0n) is 10.5. The van der Waals surface area contributed by atoms with Crippen molar-refractivity contribution in [2.45, 2.75) is 45.6 Å². The highest BCUT2D eigenvalue weighted by Gasteiger charge is 2.30. The van der Waals surface area contributed by atoms with Crippen molar-refractivity contribution in [3.8, 4) is 0 Å². The lowest BCUT2D eigenvalue weighted by Crippen LogP contribution is -2.47. The van der Waals surface area contributed by atoms with Crippen LogP contribution in [0.4, 0.5) is 0 Å². The first-order valence-electron chi connectivity index (χ1n) is 6.70. The summed E-state index contributed by atoms with van der Waals surface area (Å²) in [5.41, 5.74) is 0. The Balaban J connectivity index is 1.81. The van der Waals surface area contributed by atoms with E-state index in [1.54, 1.807) is 0 Å². The van der Waals surface area contributed by atoms with E-state index in [0.717, 1.165) is 44.3 Å². The number of nitrogens with one attached hydrogen (secondary N) is 1. The molecule has 3 nitrogen and oxygen atoms in total. The van der Waals surface area contributed by atoms with Gasteiger partial charge in [-0.05, 0) is 44.1 Å². The summed E-state index contributed by atoms with van der Waals surface area (Å²) in [5, 5.41) is 3.30. The number of hydrogen-bond donors (Lipinski definition) is 1. The highest BCUT2D eigenvalue weighted by Crippen LogP contribution is 2.25. The van der Waals surface area contributed by atoms with Crippen molar-refractivity contribution in [2.75, 3.05) is 19.6 Å². The molecule has 2 aliphatic heterocycles. The van der Waals surface area contributed by atoms with Crippen molar-refractivity contribution in [3.05, 3.63) is 0 Å². The lowest BCUT2D eigenvalue weighted by Gasteiger charge is -2.35. The van der Waals surface area contributed by atoms with E-state index in [1.165, 1.54) is 12.8 Å². The molecule has 2 aliphatic rings. The average molecular weight is 224 g/mol. The third kappa shape index (κ3) is 2.57. The Bertz CT molecular complexity index is 238. The van der Waals surface area contributed by atoms with Gasteiger partial charge < -0.3 is 10.2 Å². The fourth-order valence-corrected chi connectivity index (χ4v) is 2.90. The minimum atomic E-state index is 0.121. The zero-order chi connectivity index (χ0) is 11.5. The highest BCUT2D eigenvalue weighted by atomic mass is 16.2. The van der Waals surface area contributed by atoms with Crippen LogP contribution in [0, 0.1) is 11.8 Å². The van der Waals surface area contributed by atoms with Gasteiger partial charge in [-0.1, -0.05) is 13.8 Å². The predicted octanol–water partition coefficient (Wildman–Crippen LogP) is 1.63. The molecule has 3 heteroatoms. The van der Waals surface area contributed by atoms with Crippen LogP contribution in [0.15, 0.2) is 0 Å². The van der Waals surface area contributed by atoms with Gasteiger partial charge in [0, 0.05) is 13.1 Å². The summed E-state index contributed by atoms with van der Waals surface area (Å²) < 4.78 is 0. The third-order valence-corrected chi connectivity index (χ3v) is 4.15. The largest absolute Gasteiger partial charge is 0.341 e. The van der Waals surface area contributed by atoms with Crippen LogP contribution in [0.1, 0.15) is 39.5 Å². The van der Waals surface area contributed by atoms with Gasteiger partial charge in [0.05, 0.1) is 6.04 Å². The fraction of sp³-hybridized carbons (Fsp3) is 0.923. The molecule has 0 aromatic rings. The van der Waals surface area contributed by atoms with E-state index in [4.69, 9.17) is 0 Å². The smallest absolute Gasteiger partial charge is 0.239 e. The molecular formula is C13H24N2O. The molecule has 0 spiro atoms. The molecular weight excluding hydrogens is 200 g/mol. The van der Waals surface area contributed by atoms with Gasteiger partial charge in [-0.25, -0.2) is 0 Å². The van der Waals surface area contributed by atoms with E-state index in [2.05, 4.69) is 24.1 Å². The molecule has 1 amide bonds. The maximum Gasteiger partial charge on any atom is 0.239 e. The van der Waals surface area contributed by atoms with Crippen LogP contribution in [-0.2, 0) is 4.79 Å².